The molecule has 0 spiro atoms. The van der Waals surface area contributed by atoms with Gasteiger partial charge >= 0.3 is 0 Å². The first kappa shape index (κ1) is 15.6. The van der Waals surface area contributed by atoms with Crippen molar-refractivity contribution in [3.8, 4) is 0 Å². The minimum Gasteiger partial charge on any atom is -0.396 e. The van der Waals surface area contributed by atoms with Gasteiger partial charge in [-0.05, 0) is 36.5 Å². The highest BCUT2D eigenvalue weighted by atomic mass is 19.2. The Morgan fingerprint density at radius 3 is 2.74 bits per heavy atom. The molecule has 0 aliphatic rings. The van der Waals surface area contributed by atoms with Gasteiger partial charge in [-0.1, -0.05) is 13.0 Å². The number of carbonyl (C=O) groups is 1. The fourth-order valence-electron chi connectivity index (χ4n) is 1.59. The Hall–Kier alpha value is -1.49. The van der Waals surface area contributed by atoms with Gasteiger partial charge in [-0.25, -0.2) is 8.78 Å². The summed E-state index contributed by atoms with van der Waals surface area (Å²) in [5.41, 5.74) is 0.676. The zero-order valence-electron chi connectivity index (χ0n) is 11.0. The Bertz CT molecular complexity index is 424. The van der Waals surface area contributed by atoms with Crippen LogP contribution in [0.4, 0.5) is 8.78 Å². The van der Waals surface area contributed by atoms with E-state index in [9.17, 15) is 13.6 Å². The van der Waals surface area contributed by atoms with Crippen molar-refractivity contribution >= 4 is 5.91 Å². The molecule has 1 rings (SSSR count). The molecule has 1 amide bonds. The average molecular weight is 271 g/mol. The van der Waals surface area contributed by atoms with Crippen molar-refractivity contribution in [2.45, 2.75) is 26.2 Å². The number of amides is 1. The number of hydrogen-bond donors (Lipinski definition) is 2. The summed E-state index contributed by atoms with van der Waals surface area (Å²) in [5.74, 6) is -1.78. The van der Waals surface area contributed by atoms with Crippen LogP contribution in [0.5, 0.6) is 0 Å². The standard InChI is InChI=1S/C14H19F2NO2/c1-10(9-18)8-17-14(19)4-2-3-11-5-6-12(15)13(16)7-11/h5-7,10,18H,2-4,8-9H2,1H3,(H,17,19). The molecule has 1 unspecified atom stereocenters. The van der Waals surface area contributed by atoms with E-state index in [-0.39, 0.29) is 18.4 Å². The summed E-state index contributed by atoms with van der Waals surface area (Å²) in [6, 6.07) is 3.76. The maximum absolute atomic E-state index is 12.9. The van der Waals surface area contributed by atoms with E-state index in [0.29, 0.717) is 31.4 Å². The number of aliphatic hydroxyl groups excluding tert-OH is 1. The van der Waals surface area contributed by atoms with Gasteiger partial charge in [-0.2, -0.15) is 0 Å². The number of hydrogen-bond acceptors (Lipinski definition) is 2. The largest absolute Gasteiger partial charge is 0.396 e. The Morgan fingerprint density at radius 2 is 2.11 bits per heavy atom. The summed E-state index contributed by atoms with van der Waals surface area (Å²) in [4.78, 5) is 11.4. The fraction of sp³-hybridized carbons (Fsp3) is 0.500. The first-order valence-corrected chi connectivity index (χ1v) is 6.34. The molecule has 3 nitrogen and oxygen atoms in total. The van der Waals surface area contributed by atoms with Gasteiger partial charge in [0.05, 0.1) is 0 Å². The summed E-state index contributed by atoms with van der Waals surface area (Å²) < 4.78 is 25.6. The van der Waals surface area contributed by atoms with Gasteiger partial charge in [-0.15, -0.1) is 0 Å². The van der Waals surface area contributed by atoms with Gasteiger partial charge in [0, 0.05) is 19.6 Å². The molecule has 0 aliphatic heterocycles. The fourth-order valence-corrected chi connectivity index (χ4v) is 1.59. The number of benzene rings is 1. The van der Waals surface area contributed by atoms with Crippen LogP contribution < -0.4 is 5.32 Å². The first-order valence-electron chi connectivity index (χ1n) is 6.34. The number of nitrogens with one attached hydrogen (secondary N) is 1. The van der Waals surface area contributed by atoms with E-state index in [0.717, 1.165) is 12.1 Å². The molecule has 0 radical (unpaired) electrons. The highest BCUT2D eigenvalue weighted by molar-refractivity contribution is 5.75. The smallest absolute Gasteiger partial charge is 0.220 e. The molecule has 1 aromatic rings. The molecule has 0 aromatic heterocycles. The molecule has 5 heteroatoms. The van der Waals surface area contributed by atoms with Crippen LogP contribution in [-0.2, 0) is 11.2 Å². The Morgan fingerprint density at radius 1 is 1.37 bits per heavy atom. The normalized spacial score (nSPS) is 12.2. The molecule has 0 bridgehead atoms. The van der Waals surface area contributed by atoms with Crippen molar-refractivity contribution in [1.29, 1.82) is 0 Å². The minimum atomic E-state index is -0.862. The molecular formula is C14H19F2NO2. The van der Waals surface area contributed by atoms with Crippen LogP contribution in [0.25, 0.3) is 0 Å². The number of halogens is 2. The van der Waals surface area contributed by atoms with Crippen LogP contribution >= 0.6 is 0 Å². The van der Waals surface area contributed by atoms with Crippen LogP contribution in [0, 0.1) is 17.6 Å². The summed E-state index contributed by atoms with van der Waals surface area (Å²) in [6.07, 6.45) is 1.43. The third kappa shape index (κ3) is 5.79. The zero-order chi connectivity index (χ0) is 14.3. The lowest BCUT2D eigenvalue weighted by Gasteiger charge is -2.09. The molecule has 0 saturated heterocycles. The van der Waals surface area contributed by atoms with Crippen LogP contribution in [0.15, 0.2) is 18.2 Å². The number of rotatable bonds is 7. The summed E-state index contributed by atoms with van der Waals surface area (Å²) >= 11 is 0. The van der Waals surface area contributed by atoms with Crippen LogP contribution in [0.2, 0.25) is 0 Å². The van der Waals surface area contributed by atoms with E-state index in [4.69, 9.17) is 5.11 Å². The Labute approximate surface area is 111 Å². The van der Waals surface area contributed by atoms with Gasteiger partial charge in [0.1, 0.15) is 0 Å². The van der Waals surface area contributed by atoms with Crippen molar-refractivity contribution in [3.63, 3.8) is 0 Å². The summed E-state index contributed by atoms with van der Waals surface area (Å²) in [6.45, 7) is 2.32. The number of aryl methyl sites for hydroxylation is 1. The van der Waals surface area contributed by atoms with Gasteiger partial charge in [0.15, 0.2) is 11.6 Å². The predicted molar refractivity (Wildman–Crippen MR) is 68.6 cm³/mol. The average Bonchev–Trinajstić information content (AvgIpc) is 2.40. The van der Waals surface area contributed by atoms with Gasteiger partial charge in [0.25, 0.3) is 0 Å². The molecule has 1 atom stereocenters. The van der Waals surface area contributed by atoms with Crippen molar-refractivity contribution in [3.05, 3.63) is 35.4 Å². The maximum Gasteiger partial charge on any atom is 0.220 e. The SMILES string of the molecule is CC(CO)CNC(=O)CCCc1ccc(F)c(F)c1. The quantitative estimate of drug-likeness (QED) is 0.797. The predicted octanol–water partition coefficient (Wildman–Crippen LogP) is 2.03. The van der Waals surface area contributed by atoms with Crippen molar-refractivity contribution in [2.24, 2.45) is 5.92 Å². The number of aliphatic hydroxyl groups is 1. The van der Waals surface area contributed by atoms with E-state index in [1.165, 1.54) is 6.07 Å². The second kappa shape index (κ2) is 7.84. The van der Waals surface area contributed by atoms with E-state index in [2.05, 4.69) is 5.32 Å². The first-order chi connectivity index (χ1) is 9.02. The van der Waals surface area contributed by atoms with E-state index >= 15 is 0 Å². The van der Waals surface area contributed by atoms with Crippen LogP contribution in [-0.4, -0.2) is 24.2 Å². The lowest BCUT2D eigenvalue weighted by atomic mass is 10.1. The van der Waals surface area contributed by atoms with E-state index < -0.39 is 11.6 Å². The highest BCUT2D eigenvalue weighted by Crippen LogP contribution is 2.11. The van der Waals surface area contributed by atoms with Crippen LogP contribution in [0.1, 0.15) is 25.3 Å². The molecule has 106 valence electrons. The monoisotopic (exact) mass is 271 g/mol. The molecule has 1 aromatic carbocycles. The molecular weight excluding hydrogens is 252 g/mol. The molecule has 0 fully saturated rings. The summed E-state index contributed by atoms with van der Waals surface area (Å²) in [7, 11) is 0. The van der Waals surface area contributed by atoms with Gasteiger partial charge in [0.2, 0.25) is 5.91 Å². The zero-order valence-corrected chi connectivity index (χ0v) is 11.0. The van der Waals surface area contributed by atoms with Gasteiger partial charge in [-0.3, -0.25) is 4.79 Å². The van der Waals surface area contributed by atoms with Crippen LogP contribution in [0.3, 0.4) is 0 Å². The minimum absolute atomic E-state index is 0.0368. The van der Waals surface area contributed by atoms with E-state index in [1.54, 1.807) is 0 Å². The Balaban J connectivity index is 2.26. The topological polar surface area (TPSA) is 49.3 Å². The van der Waals surface area contributed by atoms with Crippen molar-refractivity contribution in [2.75, 3.05) is 13.2 Å². The third-order valence-electron chi connectivity index (χ3n) is 2.81. The second-order valence-electron chi connectivity index (χ2n) is 4.69. The lowest BCUT2D eigenvalue weighted by Crippen LogP contribution is -2.29. The summed E-state index contributed by atoms with van der Waals surface area (Å²) in [5, 5.41) is 11.5. The molecule has 0 heterocycles. The van der Waals surface area contributed by atoms with E-state index in [1.807, 2.05) is 6.92 Å². The maximum atomic E-state index is 12.9. The molecule has 2 N–H and O–H groups in total. The molecule has 19 heavy (non-hydrogen) atoms. The Kier molecular flexibility index (Phi) is 6.42. The van der Waals surface area contributed by atoms with Crippen molar-refractivity contribution < 1.29 is 18.7 Å². The van der Waals surface area contributed by atoms with Crippen molar-refractivity contribution in [1.82, 2.24) is 5.32 Å². The molecule has 0 saturated carbocycles. The highest BCUT2D eigenvalue weighted by Gasteiger charge is 2.06. The second-order valence-corrected chi connectivity index (χ2v) is 4.69. The molecule has 0 aliphatic carbocycles. The lowest BCUT2D eigenvalue weighted by molar-refractivity contribution is -0.121. The number of carbonyl (C=O) groups excluding carboxylic acids is 1. The van der Waals surface area contributed by atoms with Gasteiger partial charge < -0.3 is 10.4 Å². The third-order valence-corrected chi connectivity index (χ3v) is 2.81.